The maximum Gasteiger partial charge on any atom is 0.305 e. The number of nitrogens with zero attached hydrogens (tertiary/aromatic N) is 3. The molecule has 0 saturated carbocycles. The third-order valence-corrected chi connectivity index (χ3v) is 2.52. The lowest BCUT2D eigenvalue weighted by Gasteiger charge is -2.26. The Morgan fingerprint density at radius 3 is 2.72 bits per heavy atom. The molecule has 1 aromatic heterocycles. The normalized spacial score (nSPS) is 10.8. The summed E-state index contributed by atoms with van der Waals surface area (Å²) in [7, 11) is 0. The Kier molecular flexibility index (Phi) is 4.21. The number of nitro groups is 1. The monoisotopic (exact) mass is 248 g/mol. The molecule has 1 rings (SSSR count). The van der Waals surface area contributed by atoms with Crippen molar-refractivity contribution in [3.05, 3.63) is 27.9 Å². The molecule has 6 nitrogen and oxygen atoms in total. The van der Waals surface area contributed by atoms with Crippen molar-refractivity contribution in [3.8, 4) is 6.07 Å². The molecule has 1 N–H and O–H groups in total. The molecule has 1 heterocycles. The highest BCUT2D eigenvalue weighted by Crippen LogP contribution is 2.22. The smallest absolute Gasteiger partial charge is 0.305 e. The van der Waals surface area contributed by atoms with Crippen molar-refractivity contribution in [2.45, 2.75) is 39.2 Å². The first-order valence-corrected chi connectivity index (χ1v) is 5.73. The first-order chi connectivity index (χ1) is 8.39. The average Bonchev–Trinajstić information content (AvgIpc) is 2.27. The predicted octanol–water partition coefficient (Wildman–Crippen LogP) is 2.85. The van der Waals surface area contributed by atoms with E-state index in [1.54, 1.807) is 6.07 Å². The lowest BCUT2D eigenvalue weighted by Crippen LogP contribution is -2.31. The fourth-order valence-electron chi connectivity index (χ4n) is 1.79. The minimum atomic E-state index is -0.605. The van der Waals surface area contributed by atoms with Gasteiger partial charge in [0.15, 0.2) is 0 Å². The van der Waals surface area contributed by atoms with Crippen molar-refractivity contribution in [1.82, 2.24) is 4.98 Å². The molecule has 6 heteroatoms. The lowest BCUT2D eigenvalue weighted by molar-refractivity contribution is -0.385. The van der Waals surface area contributed by atoms with Crippen LogP contribution in [0.3, 0.4) is 0 Å². The molecule has 0 aliphatic carbocycles. The molecule has 0 aliphatic rings. The standard InChI is InChI=1S/C12H16N4O2/c1-4-7-12(2,3)15-11-6-5-10(16(17)18)9(8-13)14-11/h5-6H,4,7H2,1-3H3,(H,14,15). The van der Waals surface area contributed by atoms with Gasteiger partial charge < -0.3 is 5.32 Å². The molecule has 0 amide bonds. The zero-order valence-electron chi connectivity index (χ0n) is 10.7. The van der Waals surface area contributed by atoms with Crippen LogP contribution in [-0.4, -0.2) is 15.4 Å². The topological polar surface area (TPSA) is 91.9 Å². The van der Waals surface area contributed by atoms with Crippen LogP contribution in [0.1, 0.15) is 39.3 Å². The second kappa shape index (κ2) is 5.45. The molecule has 0 aromatic carbocycles. The van der Waals surface area contributed by atoms with Crippen LogP contribution < -0.4 is 5.32 Å². The summed E-state index contributed by atoms with van der Waals surface area (Å²) in [5, 5.41) is 22.7. The highest BCUT2D eigenvalue weighted by molar-refractivity contribution is 5.51. The number of nitrogens with one attached hydrogen (secondary N) is 1. The van der Waals surface area contributed by atoms with E-state index in [4.69, 9.17) is 5.26 Å². The van der Waals surface area contributed by atoms with Gasteiger partial charge in [0.2, 0.25) is 5.69 Å². The third-order valence-electron chi connectivity index (χ3n) is 2.52. The Morgan fingerprint density at radius 1 is 1.56 bits per heavy atom. The maximum atomic E-state index is 10.7. The van der Waals surface area contributed by atoms with E-state index in [1.807, 2.05) is 13.8 Å². The Hall–Kier alpha value is -2.16. The Labute approximate surface area is 106 Å². The number of pyridine rings is 1. The van der Waals surface area contributed by atoms with Gasteiger partial charge in [-0.3, -0.25) is 10.1 Å². The molecule has 0 bridgehead atoms. The van der Waals surface area contributed by atoms with E-state index in [2.05, 4.69) is 17.2 Å². The molecule has 0 atom stereocenters. The van der Waals surface area contributed by atoms with E-state index in [1.165, 1.54) is 12.1 Å². The van der Waals surface area contributed by atoms with Gasteiger partial charge in [-0.15, -0.1) is 0 Å². The molecular weight excluding hydrogens is 232 g/mol. The zero-order chi connectivity index (χ0) is 13.8. The molecule has 1 aromatic rings. The summed E-state index contributed by atoms with van der Waals surface area (Å²) < 4.78 is 0. The number of rotatable bonds is 5. The molecule has 18 heavy (non-hydrogen) atoms. The van der Waals surface area contributed by atoms with Crippen molar-refractivity contribution < 1.29 is 4.92 Å². The van der Waals surface area contributed by atoms with E-state index >= 15 is 0 Å². The summed E-state index contributed by atoms with van der Waals surface area (Å²) in [6.45, 7) is 6.12. The predicted molar refractivity (Wildman–Crippen MR) is 68.2 cm³/mol. The van der Waals surface area contributed by atoms with Gasteiger partial charge in [-0.25, -0.2) is 4.98 Å². The Morgan fingerprint density at radius 2 is 2.22 bits per heavy atom. The quantitative estimate of drug-likeness (QED) is 0.639. The van der Waals surface area contributed by atoms with Gasteiger partial charge in [0.05, 0.1) is 4.92 Å². The highest BCUT2D eigenvalue weighted by atomic mass is 16.6. The molecule has 0 unspecified atom stereocenters. The van der Waals surface area contributed by atoms with Crippen LogP contribution >= 0.6 is 0 Å². The van der Waals surface area contributed by atoms with Crippen LogP contribution in [0.15, 0.2) is 12.1 Å². The van der Waals surface area contributed by atoms with E-state index < -0.39 is 4.92 Å². The number of hydrogen-bond acceptors (Lipinski definition) is 5. The SMILES string of the molecule is CCCC(C)(C)Nc1ccc([N+](=O)[O-])c(C#N)n1. The van der Waals surface area contributed by atoms with Crippen LogP contribution in [0.4, 0.5) is 11.5 Å². The third kappa shape index (κ3) is 3.42. The number of nitriles is 1. The number of aromatic nitrogens is 1. The van der Waals surface area contributed by atoms with Gasteiger partial charge in [-0.2, -0.15) is 5.26 Å². The summed E-state index contributed by atoms with van der Waals surface area (Å²) >= 11 is 0. The van der Waals surface area contributed by atoms with E-state index in [-0.39, 0.29) is 16.9 Å². The molecule has 0 aliphatic heterocycles. The van der Waals surface area contributed by atoms with Gasteiger partial charge in [0, 0.05) is 11.6 Å². The van der Waals surface area contributed by atoms with Gasteiger partial charge in [-0.05, 0) is 26.3 Å². The Balaban J connectivity index is 3.00. The van der Waals surface area contributed by atoms with E-state index in [0.29, 0.717) is 5.82 Å². The van der Waals surface area contributed by atoms with Gasteiger partial charge in [-0.1, -0.05) is 13.3 Å². The maximum absolute atomic E-state index is 10.7. The summed E-state index contributed by atoms with van der Waals surface area (Å²) in [5.41, 5.74) is -0.599. The van der Waals surface area contributed by atoms with E-state index in [0.717, 1.165) is 12.8 Å². The fourth-order valence-corrected chi connectivity index (χ4v) is 1.79. The summed E-state index contributed by atoms with van der Waals surface area (Å²) in [6.07, 6.45) is 1.95. The summed E-state index contributed by atoms with van der Waals surface area (Å²) in [6, 6.07) is 4.57. The van der Waals surface area contributed by atoms with Crippen LogP contribution in [-0.2, 0) is 0 Å². The minimum Gasteiger partial charge on any atom is -0.365 e. The molecule has 0 spiro atoms. The lowest BCUT2D eigenvalue weighted by atomic mass is 9.99. The molecule has 0 radical (unpaired) electrons. The molecular formula is C12H16N4O2. The second-order valence-electron chi connectivity index (χ2n) is 4.69. The number of hydrogen-bond donors (Lipinski definition) is 1. The van der Waals surface area contributed by atoms with Crippen molar-refractivity contribution in [2.24, 2.45) is 0 Å². The molecule has 96 valence electrons. The van der Waals surface area contributed by atoms with Crippen molar-refractivity contribution in [3.63, 3.8) is 0 Å². The van der Waals surface area contributed by atoms with Crippen LogP contribution in [0, 0.1) is 21.4 Å². The van der Waals surface area contributed by atoms with Crippen molar-refractivity contribution >= 4 is 11.5 Å². The van der Waals surface area contributed by atoms with Crippen molar-refractivity contribution in [1.29, 1.82) is 5.26 Å². The first kappa shape index (κ1) is 13.9. The van der Waals surface area contributed by atoms with Gasteiger partial charge >= 0.3 is 5.69 Å². The van der Waals surface area contributed by atoms with Gasteiger partial charge in [0.25, 0.3) is 0 Å². The second-order valence-corrected chi connectivity index (χ2v) is 4.69. The van der Waals surface area contributed by atoms with Crippen LogP contribution in [0.2, 0.25) is 0 Å². The number of anilines is 1. The zero-order valence-corrected chi connectivity index (χ0v) is 10.7. The summed E-state index contributed by atoms with van der Waals surface area (Å²) in [4.78, 5) is 14.0. The summed E-state index contributed by atoms with van der Waals surface area (Å²) in [5.74, 6) is 0.482. The largest absolute Gasteiger partial charge is 0.365 e. The van der Waals surface area contributed by atoms with Crippen LogP contribution in [0.5, 0.6) is 0 Å². The fraction of sp³-hybridized carbons (Fsp3) is 0.500. The highest BCUT2D eigenvalue weighted by Gasteiger charge is 2.20. The first-order valence-electron chi connectivity index (χ1n) is 5.73. The average molecular weight is 248 g/mol. The minimum absolute atomic E-state index is 0.162. The Bertz CT molecular complexity index is 491. The van der Waals surface area contributed by atoms with Crippen molar-refractivity contribution in [2.75, 3.05) is 5.32 Å². The van der Waals surface area contributed by atoms with Gasteiger partial charge in [0.1, 0.15) is 11.9 Å². The molecule has 0 saturated heterocycles. The van der Waals surface area contributed by atoms with E-state index in [9.17, 15) is 10.1 Å². The van der Waals surface area contributed by atoms with Crippen LogP contribution in [0.25, 0.3) is 0 Å². The molecule has 0 fully saturated rings.